The normalized spacial score (nSPS) is 28.2. The second-order valence-corrected chi connectivity index (χ2v) is 6.19. The van der Waals surface area contributed by atoms with Crippen molar-refractivity contribution in [3.63, 3.8) is 0 Å². The van der Waals surface area contributed by atoms with Crippen molar-refractivity contribution in [2.75, 3.05) is 32.9 Å². The molecule has 5 heteroatoms. The lowest BCUT2D eigenvalue weighted by molar-refractivity contribution is -0.146. The monoisotopic (exact) mass is 304 g/mol. The molecular weight excluding hydrogens is 280 g/mol. The van der Waals surface area contributed by atoms with Crippen molar-refractivity contribution in [1.82, 2.24) is 9.88 Å². The quantitative estimate of drug-likeness (QED) is 0.855. The number of carbonyl (C=O) groups excluding carboxylic acids is 1. The molecule has 5 nitrogen and oxygen atoms in total. The van der Waals surface area contributed by atoms with E-state index in [-0.39, 0.29) is 17.4 Å². The molecule has 1 amide bonds. The van der Waals surface area contributed by atoms with E-state index in [2.05, 4.69) is 4.98 Å². The smallest absolute Gasteiger partial charge is 0.272 e. The van der Waals surface area contributed by atoms with E-state index in [0.29, 0.717) is 25.5 Å². The standard InChI is InChI=1S/C17H24N2O3/c1-2-21-13-17-8-5-11-22-15(17)7-10-19(12-17)16(20)14-6-3-4-9-18-14/h3-4,6,9,15H,2,5,7-8,10-13H2,1H3. The van der Waals surface area contributed by atoms with Gasteiger partial charge in [0.15, 0.2) is 0 Å². The molecule has 0 aliphatic carbocycles. The molecule has 2 aliphatic heterocycles. The molecule has 2 atom stereocenters. The molecule has 22 heavy (non-hydrogen) atoms. The number of rotatable bonds is 4. The minimum Gasteiger partial charge on any atom is -0.381 e. The van der Waals surface area contributed by atoms with Gasteiger partial charge >= 0.3 is 0 Å². The lowest BCUT2D eigenvalue weighted by atomic mass is 9.73. The Bertz CT molecular complexity index is 508. The van der Waals surface area contributed by atoms with E-state index in [1.165, 1.54) is 0 Å². The first-order valence-corrected chi connectivity index (χ1v) is 8.15. The fraction of sp³-hybridized carbons (Fsp3) is 0.647. The van der Waals surface area contributed by atoms with Crippen molar-refractivity contribution < 1.29 is 14.3 Å². The Morgan fingerprint density at radius 3 is 3.23 bits per heavy atom. The first kappa shape index (κ1) is 15.4. The van der Waals surface area contributed by atoms with Crippen LogP contribution in [0.4, 0.5) is 0 Å². The third-order valence-corrected chi connectivity index (χ3v) is 4.75. The molecular formula is C17H24N2O3. The van der Waals surface area contributed by atoms with Gasteiger partial charge in [-0.25, -0.2) is 0 Å². The molecule has 2 aliphatic rings. The zero-order valence-corrected chi connectivity index (χ0v) is 13.2. The zero-order chi connectivity index (χ0) is 15.4. The number of fused-ring (bicyclic) bond motifs is 1. The van der Waals surface area contributed by atoms with E-state index in [9.17, 15) is 4.79 Å². The number of likely N-dealkylation sites (tertiary alicyclic amines) is 1. The van der Waals surface area contributed by atoms with E-state index in [1.54, 1.807) is 12.3 Å². The van der Waals surface area contributed by atoms with Crippen LogP contribution in [0.5, 0.6) is 0 Å². The van der Waals surface area contributed by atoms with Crippen molar-refractivity contribution in [3.8, 4) is 0 Å². The lowest BCUT2D eigenvalue weighted by Crippen LogP contribution is -2.58. The van der Waals surface area contributed by atoms with Crippen LogP contribution in [0.25, 0.3) is 0 Å². The van der Waals surface area contributed by atoms with E-state index in [0.717, 1.165) is 32.4 Å². The van der Waals surface area contributed by atoms with Crippen LogP contribution < -0.4 is 0 Å². The number of carbonyl (C=O) groups is 1. The number of pyridine rings is 1. The van der Waals surface area contributed by atoms with Gasteiger partial charge in [0.25, 0.3) is 5.91 Å². The van der Waals surface area contributed by atoms with E-state index in [1.807, 2.05) is 24.0 Å². The molecule has 120 valence electrons. The predicted molar refractivity (Wildman–Crippen MR) is 82.7 cm³/mol. The van der Waals surface area contributed by atoms with Crippen LogP contribution in [-0.4, -0.2) is 54.8 Å². The minimum absolute atomic E-state index is 0.0143. The summed E-state index contributed by atoms with van der Waals surface area (Å²) in [6.45, 7) is 5.63. The van der Waals surface area contributed by atoms with Crippen LogP contribution in [0.3, 0.4) is 0 Å². The van der Waals surface area contributed by atoms with Gasteiger partial charge in [0.2, 0.25) is 0 Å². The summed E-state index contributed by atoms with van der Waals surface area (Å²) in [5.74, 6) is 0.0143. The van der Waals surface area contributed by atoms with Gasteiger partial charge in [0, 0.05) is 37.9 Å². The Labute approximate surface area is 131 Å². The first-order chi connectivity index (χ1) is 10.7. The average Bonchev–Trinajstić information content (AvgIpc) is 2.59. The van der Waals surface area contributed by atoms with Crippen molar-refractivity contribution >= 4 is 5.91 Å². The van der Waals surface area contributed by atoms with E-state index >= 15 is 0 Å². The summed E-state index contributed by atoms with van der Waals surface area (Å²) in [5, 5.41) is 0. The molecule has 0 bridgehead atoms. The van der Waals surface area contributed by atoms with Gasteiger partial charge in [-0.2, -0.15) is 0 Å². The maximum Gasteiger partial charge on any atom is 0.272 e. The van der Waals surface area contributed by atoms with Gasteiger partial charge in [0.05, 0.1) is 12.7 Å². The van der Waals surface area contributed by atoms with Crippen LogP contribution in [0.1, 0.15) is 36.7 Å². The Balaban J connectivity index is 1.76. The molecule has 2 saturated heterocycles. The minimum atomic E-state index is -0.0586. The fourth-order valence-electron chi connectivity index (χ4n) is 3.63. The molecule has 0 spiro atoms. The molecule has 0 radical (unpaired) electrons. The highest BCUT2D eigenvalue weighted by molar-refractivity contribution is 5.92. The fourth-order valence-corrected chi connectivity index (χ4v) is 3.63. The van der Waals surface area contributed by atoms with E-state index < -0.39 is 0 Å². The van der Waals surface area contributed by atoms with Gasteiger partial charge in [-0.1, -0.05) is 6.07 Å². The molecule has 3 heterocycles. The predicted octanol–water partition coefficient (Wildman–Crippen LogP) is 2.13. The first-order valence-electron chi connectivity index (χ1n) is 8.15. The van der Waals surface area contributed by atoms with Gasteiger partial charge < -0.3 is 14.4 Å². The van der Waals surface area contributed by atoms with Crippen LogP contribution in [0.2, 0.25) is 0 Å². The highest BCUT2D eigenvalue weighted by Gasteiger charge is 2.47. The summed E-state index contributed by atoms with van der Waals surface area (Å²) < 4.78 is 11.7. The summed E-state index contributed by atoms with van der Waals surface area (Å²) >= 11 is 0. The number of piperidine rings is 1. The molecule has 1 aromatic heterocycles. The SMILES string of the molecule is CCOCC12CCCOC1CCN(C(=O)c1ccccn1)C2. The van der Waals surface area contributed by atoms with Gasteiger partial charge in [-0.15, -0.1) is 0 Å². The second-order valence-electron chi connectivity index (χ2n) is 6.19. The number of hydrogen-bond acceptors (Lipinski definition) is 4. The molecule has 1 aromatic rings. The van der Waals surface area contributed by atoms with E-state index in [4.69, 9.17) is 9.47 Å². The maximum absolute atomic E-state index is 12.7. The molecule has 0 aromatic carbocycles. The molecule has 3 rings (SSSR count). The maximum atomic E-state index is 12.7. The molecule has 2 unspecified atom stereocenters. The van der Waals surface area contributed by atoms with Gasteiger partial charge in [-0.3, -0.25) is 9.78 Å². The topological polar surface area (TPSA) is 51.7 Å². The van der Waals surface area contributed by atoms with Crippen LogP contribution in [-0.2, 0) is 9.47 Å². The summed E-state index contributed by atoms with van der Waals surface area (Å²) in [6.07, 6.45) is 4.85. The van der Waals surface area contributed by atoms with Crippen molar-refractivity contribution in [1.29, 1.82) is 0 Å². The van der Waals surface area contributed by atoms with Crippen LogP contribution in [0, 0.1) is 5.41 Å². The van der Waals surface area contributed by atoms with Crippen molar-refractivity contribution in [2.45, 2.75) is 32.3 Å². The Hall–Kier alpha value is -1.46. The van der Waals surface area contributed by atoms with Crippen LogP contribution >= 0.6 is 0 Å². The molecule has 0 saturated carbocycles. The van der Waals surface area contributed by atoms with Crippen molar-refractivity contribution in [2.24, 2.45) is 5.41 Å². The molecule has 2 fully saturated rings. The van der Waals surface area contributed by atoms with Gasteiger partial charge in [0.1, 0.15) is 5.69 Å². The number of nitrogens with zero attached hydrogens (tertiary/aromatic N) is 2. The summed E-state index contributed by atoms with van der Waals surface area (Å²) in [4.78, 5) is 18.8. The Morgan fingerprint density at radius 1 is 1.55 bits per heavy atom. The second kappa shape index (κ2) is 6.75. The summed E-state index contributed by atoms with van der Waals surface area (Å²) in [7, 11) is 0. The average molecular weight is 304 g/mol. The number of ether oxygens (including phenoxy) is 2. The Kier molecular flexibility index (Phi) is 4.74. The Morgan fingerprint density at radius 2 is 2.45 bits per heavy atom. The van der Waals surface area contributed by atoms with Gasteiger partial charge in [-0.05, 0) is 38.3 Å². The van der Waals surface area contributed by atoms with Crippen molar-refractivity contribution in [3.05, 3.63) is 30.1 Å². The summed E-state index contributed by atoms with van der Waals surface area (Å²) in [5.41, 5.74) is 0.459. The highest BCUT2D eigenvalue weighted by atomic mass is 16.5. The number of amides is 1. The third kappa shape index (κ3) is 3.01. The summed E-state index contributed by atoms with van der Waals surface area (Å²) in [6, 6.07) is 5.46. The largest absolute Gasteiger partial charge is 0.381 e. The third-order valence-electron chi connectivity index (χ3n) is 4.75. The number of hydrogen-bond donors (Lipinski definition) is 0. The number of aromatic nitrogens is 1. The lowest BCUT2D eigenvalue weighted by Gasteiger charge is -2.50. The molecule has 0 N–H and O–H groups in total. The highest BCUT2D eigenvalue weighted by Crippen LogP contribution is 2.40. The zero-order valence-electron chi connectivity index (χ0n) is 13.2. The van der Waals surface area contributed by atoms with Crippen LogP contribution in [0.15, 0.2) is 24.4 Å².